The van der Waals surface area contributed by atoms with Gasteiger partial charge in [0.25, 0.3) is 5.69 Å². The second-order valence-corrected chi connectivity index (χ2v) is 4.48. The Bertz CT molecular complexity index is 473. The molecule has 0 radical (unpaired) electrons. The molecule has 1 N–H and O–H groups in total. The lowest BCUT2D eigenvalue weighted by atomic mass is 10.1. The van der Waals surface area contributed by atoms with E-state index in [4.69, 9.17) is 9.84 Å². The number of rotatable bonds is 9. The highest BCUT2D eigenvalue weighted by Crippen LogP contribution is 2.28. The third-order valence-electron chi connectivity index (χ3n) is 2.92. The number of nitro benzene ring substituents is 1. The summed E-state index contributed by atoms with van der Waals surface area (Å²) < 4.78 is 5.38. The van der Waals surface area contributed by atoms with Crippen LogP contribution in [0.5, 0.6) is 5.75 Å². The van der Waals surface area contributed by atoms with Gasteiger partial charge in [0.1, 0.15) is 5.75 Å². The SMILES string of the molecule is CCCCCCCOc1cccc([N+](=O)[O-])c1C(=O)O. The van der Waals surface area contributed by atoms with Gasteiger partial charge in [0.05, 0.1) is 11.5 Å². The summed E-state index contributed by atoms with van der Waals surface area (Å²) >= 11 is 0. The molecular formula is C14H19NO5. The second kappa shape index (κ2) is 8.14. The molecule has 0 aliphatic heterocycles. The lowest BCUT2D eigenvalue weighted by molar-refractivity contribution is -0.385. The number of hydrogen-bond donors (Lipinski definition) is 1. The zero-order valence-corrected chi connectivity index (χ0v) is 11.5. The number of aromatic carboxylic acids is 1. The van der Waals surface area contributed by atoms with Gasteiger partial charge in [-0.3, -0.25) is 10.1 Å². The van der Waals surface area contributed by atoms with Crippen molar-refractivity contribution >= 4 is 11.7 Å². The van der Waals surface area contributed by atoms with Crippen molar-refractivity contribution in [3.05, 3.63) is 33.9 Å². The number of benzene rings is 1. The molecule has 0 aliphatic carbocycles. The van der Waals surface area contributed by atoms with Gasteiger partial charge in [-0.2, -0.15) is 0 Å². The molecule has 0 saturated heterocycles. The van der Waals surface area contributed by atoms with Crippen LogP contribution in [0.4, 0.5) is 5.69 Å². The Labute approximate surface area is 117 Å². The summed E-state index contributed by atoms with van der Waals surface area (Å²) in [6, 6.07) is 4.04. The summed E-state index contributed by atoms with van der Waals surface area (Å²) in [5.41, 5.74) is -0.827. The summed E-state index contributed by atoms with van der Waals surface area (Å²) in [4.78, 5) is 21.2. The Balaban J connectivity index is 2.67. The van der Waals surface area contributed by atoms with Crippen LogP contribution in [0, 0.1) is 10.1 Å². The minimum atomic E-state index is -1.35. The maximum atomic E-state index is 11.1. The topological polar surface area (TPSA) is 89.7 Å². The van der Waals surface area contributed by atoms with Crippen LogP contribution in [-0.4, -0.2) is 22.6 Å². The Kier molecular flexibility index (Phi) is 6.49. The molecule has 0 fully saturated rings. The van der Waals surface area contributed by atoms with Crippen LogP contribution in [0.1, 0.15) is 49.4 Å². The van der Waals surface area contributed by atoms with E-state index in [-0.39, 0.29) is 11.3 Å². The number of carbonyl (C=O) groups is 1. The minimum absolute atomic E-state index is 0.0576. The van der Waals surface area contributed by atoms with Crippen LogP contribution in [-0.2, 0) is 0 Å². The molecule has 0 aliphatic rings. The van der Waals surface area contributed by atoms with E-state index in [0.29, 0.717) is 6.61 Å². The molecule has 1 rings (SSSR count). The van der Waals surface area contributed by atoms with Gasteiger partial charge in [0, 0.05) is 6.07 Å². The molecule has 0 amide bonds. The molecule has 1 aromatic carbocycles. The zero-order valence-electron chi connectivity index (χ0n) is 11.5. The molecule has 6 nitrogen and oxygen atoms in total. The predicted octanol–water partition coefficient (Wildman–Crippen LogP) is 3.64. The average molecular weight is 281 g/mol. The fraction of sp³-hybridized carbons (Fsp3) is 0.500. The predicted molar refractivity (Wildman–Crippen MR) is 74.3 cm³/mol. The van der Waals surface area contributed by atoms with Crippen molar-refractivity contribution in [1.82, 2.24) is 0 Å². The highest BCUT2D eigenvalue weighted by Gasteiger charge is 2.24. The van der Waals surface area contributed by atoms with Gasteiger partial charge in [-0.15, -0.1) is 0 Å². The number of unbranched alkanes of at least 4 members (excludes halogenated alkanes) is 4. The molecule has 20 heavy (non-hydrogen) atoms. The van der Waals surface area contributed by atoms with Gasteiger partial charge >= 0.3 is 5.97 Å². The molecule has 1 aromatic rings. The van der Waals surface area contributed by atoms with E-state index in [1.54, 1.807) is 0 Å². The van der Waals surface area contributed by atoms with Crippen molar-refractivity contribution in [3.63, 3.8) is 0 Å². The van der Waals surface area contributed by atoms with E-state index in [0.717, 1.165) is 38.2 Å². The molecular weight excluding hydrogens is 262 g/mol. The van der Waals surface area contributed by atoms with Gasteiger partial charge in [-0.25, -0.2) is 4.79 Å². The highest BCUT2D eigenvalue weighted by atomic mass is 16.6. The molecule has 6 heteroatoms. The van der Waals surface area contributed by atoms with Gasteiger partial charge < -0.3 is 9.84 Å². The van der Waals surface area contributed by atoms with Crippen molar-refractivity contribution < 1.29 is 19.6 Å². The summed E-state index contributed by atoms with van der Waals surface area (Å²) in [7, 11) is 0. The monoisotopic (exact) mass is 281 g/mol. The number of carboxylic acids is 1. The van der Waals surface area contributed by atoms with E-state index < -0.39 is 16.6 Å². The van der Waals surface area contributed by atoms with E-state index >= 15 is 0 Å². The maximum Gasteiger partial charge on any atom is 0.346 e. The molecule has 0 bridgehead atoms. The molecule has 0 saturated carbocycles. The summed E-state index contributed by atoms with van der Waals surface area (Å²) in [6.45, 7) is 2.49. The molecule has 0 spiro atoms. The van der Waals surface area contributed by atoms with Crippen LogP contribution >= 0.6 is 0 Å². The van der Waals surface area contributed by atoms with Crippen molar-refractivity contribution in [2.24, 2.45) is 0 Å². The Morgan fingerprint density at radius 3 is 2.60 bits per heavy atom. The minimum Gasteiger partial charge on any atom is -0.492 e. The number of nitrogens with zero attached hydrogens (tertiary/aromatic N) is 1. The molecule has 110 valence electrons. The smallest absolute Gasteiger partial charge is 0.346 e. The van der Waals surface area contributed by atoms with E-state index in [9.17, 15) is 14.9 Å². The maximum absolute atomic E-state index is 11.1. The fourth-order valence-corrected chi connectivity index (χ4v) is 1.89. The number of hydrogen-bond acceptors (Lipinski definition) is 4. The first-order valence-corrected chi connectivity index (χ1v) is 6.71. The van der Waals surface area contributed by atoms with Gasteiger partial charge in [0.15, 0.2) is 5.56 Å². The third-order valence-corrected chi connectivity index (χ3v) is 2.92. The van der Waals surface area contributed by atoms with Gasteiger partial charge in [-0.1, -0.05) is 38.7 Å². The fourth-order valence-electron chi connectivity index (χ4n) is 1.89. The Morgan fingerprint density at radius 1 is 1.30 bits per heavy atom. The Morgan fingerprint density at radius 2 is 2.00 bits per heavy atom. The molecule has 0 aromatic heterocycles. The average Bonchev–Trinajstić information content (AvgIpc) is 2.42. The first-order valence-electron chi connectivity index (χ1n) is 6.71. The quantitative estimate of drug-likeness (QED) is 0.424. The lowest BCUT2D eigenvalue weighted by Gasteiger charge is -2.09. The molecule has 0 unspecified atom stereocenters. The highest BCUT2D eigenvalue weighted by molar-refractivity contribution is 5.95. The normalized spacial score (nSPS) is 10.2. The zero-order chi connectivity index (χ0) is 15.0. The molecule has 0 atom stereocenters. The number of carboxylic acid groups (broad SMARTS) is 1. The van der Waals surface area contributed by atoms with Crippen LogP contribution in [0.15, 0.2) is 18.2 Å². The van der Waals surface area contributed by atoms with Crippen molar-refractivity contribution in [3.8, 4) is 5.75 Å². The van der Waals surface area contributed by atoms with Gasteiger partial charge in [0.2, 0.25) is 0 Å². The second-order valence-electron chi connectivity index (χ2n) is 4.48. The van der Waals surface area contributed by atoms with Crippen LogP contribution < -0.4 is 4.74 Å². The van der Waals surface area contributed by atoms with E-state index in [1.807, 2.05) is 0 Å². The van der Waals surface area contributed by atoms with Crippen molar-refractivity contribution in [1.29, 1.82) is 0 Å². The van der Waals surface area contributed by atoms with E-state index in [1.165, 1.54) is 12.1 Å². The number of nitro groups is 1. The van der Waals surface area contributed by atoms with Crippen molar-refractivity contribution in [2.45, 2.75) is 39.0 Å². The standard InChI is InChI=1S/C14H19NO5/c1-2-3-4-5-6-10-20-12-9-7-8-11(15(18)19)13(12)14(16)17/h7-9H,2-6,10H2,1H3,(H,16,17). The van der Waals surface area contributed by atoms with Gasteiger partial charge in [-0.05, 0) is 12.5 Å². The third kappa shape index (κ3) is 4.53. The summed E-state index contributed by atoms with van der Waals surface area (Å²) in [5, 5.41) is 19.9. The van der Waals surface area contributed by atoms with Crippen LogP contribution in [0.2, 0.25) is 0 Å². The lowest BCUT2D eigenvalue weighted by Crippen LogP contribution is -2.07. The largest absolute Gasteiger partial charge is 0.492 e. The van der Waals surface area contributed by atoms with Crippen LogP contribution in [0.3, 0.4) is 0 Å². The van der Waals surface area contributed by atoms with E-state index in [2.05, 4.69) is 6.92 Å². The molecule has 0 heterocycles. The van der Waals surface area contributed by atoms with Crippen molar-refractivity contribution in [2.75, 3.05) is 6.61 Å². The van der Waals surface area contributed by atoms with Crippen LogP contribution in [0.25, 0.3) is 0 Å². The first kappa shape index (κ1) is 15.9. The first-order chi connectivity index (χ1) is 9.57. The Hall–Kier alpha value is -2.11. The summed E-state index contributed by atoms with van der Waals surface area (Å²) in [5.74, 6) is -1.29. The summed E-state index contributed by atoms with van der Waals surface area (Å²) in [6.07, 6.45) is 5.24. The number of ether oxygens (including phenoxy) is 1.